The second-order valence-electron chi connectivity index (χ2n) is 15.8. The number of rotatable bonds is 7. The van der Waals surface area contributed by atoms with Gasteiger partial charge in [-0.05, 0) is 116 Å². The fraction of sp³-hybridized carbons (Fsp3) is 0.107. The van der Waals surface area contributed by atoms with Crippen molar-refractivity contribution in [3.63, 3.8) is 0 Å². The molecule has 2 heteroatoms. The van der Waals surface area contributed by atoms with Gasteiger partial charge < -0.3 is 4.90 Å². The third-order valence-electron chi connectivity index (χ3n) is 13.2. The largest absolute Gasteiger partial charge is 0.308 e. The molecule has 11 rings (SSSR count). The zero-order valence-electron chi connectivity index (χ0n) is 32.8. The van der Waals surface area contributed by atoms with Crippen LogP contribution in [0.4, 0.5) is 17.1 Å². The molecule has 1 heterocycles. The molecular weight excluding hydrogens is 719 g/mol. The molecule has 0 spiro atoms. The fourth-order valence-electron chi connectivity index (χ4n) is 10.6. The second kappa shape index (κ2) is 13.6. The van der Waals surface area contributed by atoms with Crippen molar-refractivity contribution in [2.75, 3.05) is 4.90 Å². The highest BCUT2D eigenvalue weighted by Crippen LogP contribution is 2.58. The number of hydrogen-bond acceptors (Lipinski definition) is 2. The lowest BCUT2D eigenvalue weighted by Crippen LogP contribution is -2.28. The van der Waals surface area contributed by atoms with Crippen LogP contribution in [0.5, 0.6) is 0 Å². The fourth-order valence-corrected chi connectivity index (χ4v) is 11.6. The predicted octanol–water partition coefficient (Wildman–Crippen LogP) is 15.2. The van der Waals surface area contributed by atoms with Crippen molar-refractivity contribution in [2.24, 2.45) is 0 Å². The van der Waals surface area contributed by atoms with Crippen LogP contribution in [0.3, 0.4) is 0 Å². The van der Waals surface area contributed by atoms with Crippen molar-refractivity contribution in [1.82, 2.24) is 0 Å². The van der Waals surface area contributed by atoms with Gasteiger partial charge in [0, 0.05) is 20.9 Å². The molecule has 0 atom stereocenters. The minimum Gasteiger partial charge on any atom is -0.308 e. The van der Waals surface area contributed by atoms with Gasteiger partial charge in [0.05, 0.1) is 16.8 Å². The zero-order chi connectivity index (χ0) is 38.8. The van der Waals surface area contributed by atoms with Gasteiger partial charge in [-0.2, -0.15) is 0 Å². The van der Waals surface area contributed by atoms with Crippen LogP contribution in [0.25, 0.3) is 34.4 Å². The second-order valence-corrected chi connectivity index (χ2v) is 16.9. The van der Waals surface area contributed by atoms with E-state index in [9.17, 15) is 0 Å². The maximum Gasteiger partial charge on any atom is 0.0713 e. The van der Waals surface area contributed by atoms with Crippen LogP contribution in [0.1, 0.15) is 71.2 Å². The lowest BCUT2D eigenvalue weighted by Gasteiger charge is -2.34. The van der Waals surface area contributed by atoms with Gasteiger partial charge in [-0.3, -0.25) is 0 Å². The topological polar surface area (TPSA) is 3.24 Å². The molecule has 0 amide bonds. The minimum absolute atomic E-state index is 0.0774. The van der Waals surface area contributed by atoms with Gasteiger partial charge in [0.1, 0.15) is 0 Å². The molecule has 0 unspecified atom stereocenters. The van der Waals surface area contributed by atoms with E-state index in [0.717, 1.165) is 12.8 Å². The summed E-state index contributed by atoms with van der Waals surface area (Å²) in [6, 6.07) is 70.1. The smallest absolute Gasteiger partial charge is 0.0713 e. The van der Waals surface area contributed by atoms with E-state index in [1.807, 2.05) is 11.8 Å². The van der Waals surface area contributed by atoms with Gasteiger partial charge >= 0.3 is 0 Å². The van der Waals surface area contributed by atoms with Crippen molar-refractivity contribution in [3.05, 3.63) is 233 Å². The maximum absolute atomic E-state index is 2.50. The Kier molecular flexibility index (Phi) is 8.20. The molecule has 0 saturated heterocycles. The molecule has 0 saturated carbocycles. The summed E-state index contributed by atoms with van der Waals surface area (Å²) in [5, 5.41) is 0. The standard InChI is InChI=1S/C56H43NS/c1-3-55(4-2)48-36-38(31-34-43(48)44-35-33-42(37-49(44)55)57-50-26-13-15-28-52(50)58-53-29-16-14-27-51(53)57)30-32-39-18-17-25-47-54(39)45-23-11-12-24-46(45)56(47,40-19-7-5-8-20-40)41-21-9-6-10-22-41/h5-37H,3-4H2,1-2H3/b32-30+. The first-order valence-electron chi connectivity index (χ1n) is 20.6. The lowest BCUT2D eigenvalue weighted by molar-refractivity contribution is 0.490. The summed E-state index contributed by atoms with van der Waals surface area (Å²) in [6.07, 6.45) is 6.76. The summed E-state index contributed by atoms with van der Waals surface area (Å²) in [7, 11) is 0. The Balaban J connectivity index is 1.01. The maximum atomic E-state index is 2.50. The number of benzene rings is 8. The Morgan fingerprint density at radius 1 is 0.466 bits per heavy atom. The van der Waals surface area contributed by atoms with Gasteiger partial charge in [0.15, 0.2) is 0 Å². The normalized spacial score (nSPS) is 15.0. The van der Waals surface area contributed by atoms with Gasteiger partial charge in [0.25, 0.3) is 0 Å². The summed E-state index contributed by atoms with van der Waals surface area (Å²) in [6.45, 7) is 4.74. The van der Waals surface area contributed by atoms with Crippen LogP contribution < -0.4 is 4.90 Å². The van der Waals surface area contributed by atoms with Crippen LogP contribution in [0, 0.1) is 0 Å². The average Bonchev–Trinajstić information content (AvgIpc) is 3.75. The van der Waals surface area contributed by atoms with Crippen molar-refractivity contribution in [3.8, 4) is 22.3 Å². The van der Waals surface area contributed by atoms with E-state index in [1.54, 1.807) is 0 Å². The van der Waals surface area contributed by atoms with E-state index in [-0.39, 0.29) is 5.41 Å². The highest BCUT2D eigenvalue weighted by molar-refractivity contribution is 7.99. The minimum atomic E-state index is -0.407. The summed E-state index contributed by atoms with van der Waals surface area (Å²) in [5.74, 6) is 0. The molecule has 0 radical (unpaired) electrons. The quantitative estimate of drug-likeness (QED) is 0.149. The van der Waals surface area contributed by atoms with Crippen LogP contribution >= 0.6 is 11.8 Å². The lowest BCUT2D eigenvalue weighted by atomic mass is 9.67. The molecule has 2 aliphatic carbocycles. The summed E-state index contributed by atoms with van der Waals surface area (Å²) < 4.78 is 0. The summed E-state index contributed by atoms with van der Waals surface area (Å²) in [5.41, 5.74) is 19.2. The SMILES string of the molecule is CCC1(CC)c2cc(/C=C/c3cccc4c3-c3ccccc3C4(c3ccccc3)c3ccccc3)ccc2-c2ccc(N3c4ccccc4Sc4ccccc43)cc21. The molecule has 0 bridgehead atoms. The Hall–Kier alpha value is -6.35. The number of nitrogens with zero attached hydrogens (tertiary/aromatic N) is 1. The third kappa shape index (κ3) is 4.98. The average molecular weight is 762 g/mol. The molecular formula is C56H43NS. The summed E-state index contributed by atoms with van der Waals surface area (Å²) in [4.78, 5) is 5.05. The van der Waals surface area contributed by atoms with Gasteiger partial charge in [-0.1, -0.05) is 189 Å². The summed E-state index contributed by atoms with van der Waals surface area (Å²) >= 11 is 1.86. The highest BCUT2D eigenvalue weighted by Gasteiger charge is 2.46. The molecule has 0 fully saturated rings. The van der Waals surface area contributed by atoms with Gasteiger partial charge in [0.2, 0.25) is 0 Å². The molecule has 3 aliphatic rings. The molecule has 8 aromatic rings. The molecule has 8 aromatic carbocycles. The van der Waals surface area contributed by atoms with Crippen LogP contribution in [0.15, 0.2) is 198 Å². The molecule has 0 N–H and O–H groups in total. The number of para-hydroxylation sites is 2. The van der Waals surface area contributed by atoms with E-state index >= 15 is 0 Å². The van der Waals surface area contributed by atoms with Crippen molar-refractivity contribution < 1.29 is 0 Å². The Morgan fingerprint density at radius 2 is 1.03 bits per heavy atom. The Bertz CT molecular complexity index is 2820. The van der Waals surface area contributed by atoms with Crippen LogP contribution in [-0.2, 0) is 10.8 Å². The number of anilines is 3. The van der Waals surface area contributed by atoms with Crippen LogP contribution in [0.2, 0.25) is 0 Å². The Morgan fingerprint density at radius 3 is 1.71 bits per heavy atom. The van der Waals surface area contributed by atoms with Gasteiger partial charge in [-0.25, -0.2) is 0 Å². The number of fused-ring (bicyclic) bond motifs is 8. The monoisotopic (exact) mass is 761 g/mol. The van der Waals surface area contributed by atoms with Crippen molar-refractivity contribution in [1.29, 1.82) is 0 Å². The first kappa shape index (κ1) is 34.9. The number of hydrogen-bond donors (Lipinski definition) is 0. The predicted molar refractivity (Wildman–Crippen MR) is 245 cm³/mol. The van der Waals surface area contributed by atoms with E-state index in [0.29, 0.717) is 0 Å². The van der Waals surface area contributed by atoms with E-state index in [1.165, 1.54) is 93.6 Å². The van der Waals surface area contributed by atoms with Gasteiger partial charge in [-0.15, -0.1) is 0 Å². The van der Waals surface area contributed by atoms with E-state index < -0.39 is 5.41 Å². The molecule has 1 aliphatic heterocycles. The molecule has 278 valence electrons. The van der Waals surface area contributed by atoms with E-state index in [2.05, 4.69) is 219 Å². The van der Waals surface area contributed by atoms with E-state index in [4.69, 9.17) is 0 Å². The molecule has 0 aromatic heterocycles. The Labute approximate surface area is 346 Å². The third-order valence-corrected chi connectivity index (χ3v) is 14.4. The first-order chi connectivity index (χ1) is 28.7. The first-order valence-corrected chi connectivity index (χ1v) is 21.5. The highest BCUT2D eigenvalue weighted by atomic mass is 32.2. The molecule has 58 heavy (non-hydrogen) atoms. The molecule has 1 nitrogen and oxygen atoms in total. The van der Waals surface area contributed by atoms with Crippen molar-refractivity contribution >= 4 is 41.0 Å². The zero-order valence-corrected chi connectivity index (χ0v) is 33.6. The van der Waals surface area contributed by atoms with Crippen molar-refractivity contribution in [2.45, 2.75) is 47.3 Å². The van der Waals surface area contributed by atoms with Crippen LogP contribution in [-0.4, -0.2) is 0 Å².